The Morgan fingerprint density at radius 2 is 2.19 bits per heavy atom. The number of aryl methyl sites for hydroxylation is 1. The normalized spacial score (nSPS) is 15.1. The minimum atomic E-state index is -0.234. The van der Waals surface area contributed by atoms with Gasteiger partial charge >= 0.3 is 0 Å². The molecule has 88 valence electrons. The molecule has 1 aromatic rings. The minimum absolute atomic E-state index is 0.234. The van der Waals surface area contributed by atoms with Crippen LogP contribution in [-0.4, -0.2) is 13.2 Å². The predicted octanol–water partition coefficient (Wildman–Crippen LogP) is 2.51. The van der Waals surface area contributed by atoms with E-state index in [0.717, 1.165) is 25.0 Å². The van der Waals surface area contributed by atoms with Crippen LogP contribution in [0.4, 0.5) is 4.39 Å². The third-order valence-corrected chi connectivity index (χ3v) is 2.85. The molecule has 1 fully saturated rings. The second kappa shape index (κ2) is 5.30. The Kier molecular flexibility index (Phi) is 3.78. The van der Waals surface area contributed by atoms with Gasteiger partial charge in [0.05, 0.1) is 6.61 Å². The first-order valence-electron chi connectivity index (χ1n) is 5.91. The van der Waals surface area contributed by atoms with Crippen LogP contribution in [0.25, 0.3) is 0 Å². The highest BCUT2D eigenvalue weighted by molar-refractivity contribution is 5.34. The van der Waals surface area contributed by atoms with Crippen molar-refractivity contribution in [1.29, 1.82) is 0 Å². The summed E-state index contributed by atoms with van der Waals surface area (Å²) in [6.45, 7) is 1.37. The summed E-state index contributed by atoms with van der Waals surface area (Å²) in [5.74, 6) is 1.15. The van der Waals surface area contributed by atoms with Crippen LogP contribution in [-0.2, 0) is 6.42 Å². The highest BCUT2D eigenvalue weighted by Crippen LogP contribution is 2.30. The Hall–Kier alpha value is -1.09. The molecule has 0 spiro atoms. The molecule has 3 heteroatoms. The highest BCUT2D eigenvalue weighted by atomic mass is 19.1. The quantitative estimate of drug-likeness (QED) is 0.804. The van der Waals surface area contributed by atoms with E-state index in [2.05, 4.69) is 0 Å². The third-order valence-electron chi connectivity index (χ3n) is 2.85. The van der Waals surface area contributed by atoms with Crippen LogP contribution in [0.2, 0.25) is 0 Å². The van der Waals surface area contributed by atoms with Crippen molar-refractivity contribution in [3.63, 3.8) is 0 Å². The molecular weight excluding hydrogens is 205 g/mol. The Labute approximate surface area is 95.6 Å². The summed E-state index contributed by atoms with van der Waals surface area (Å²) < 4.78 is 18.8. The lowest BCUT2D eigenvalue weighted by Gasteiger charge is -2.11. The van der Waals surface area contributed by atoms with E-state index in [0.29, 0.717) is 18.2 Å². The summed E-state index contributed by atoms with van der Waals surface area (Å²) in [5, 5.41) is 0. The minimum Gasteiger partial charge on any atom is -0.493 e. The van der Waals surface area contributed by atoms with E-state index >= 15 is 0 Å². The maximum Gasteiger partial charge on any atom is 0.126 e. The van der Waals surface area contributed by atoms with Gasteiger partial charge in [-0.3, -0.25) is 0 Å². The van der Waals surface area contributed by atoms with Gasteiger partial charge in [-0.25, -0.2) is 4.39 Å². The zero-order valence-corrected chi connectivity index (χ0v) is 9.42. The first-order valence-corrected chi connectivity index (χ1v) is 5.91. The van der Waals surface area contributed by atoms with Gasteiger partial charge in [0.2, 0.25) is 0 Å². The average Bonchev–Trinajstić information content (AvgIpc) is 3.09. The van der Waals surface area contributed by atoms with Gasteiger partial charge in [0.25, 0.3) is 0 Å². The van der Waals surface area contributed by atoms with Crippen LogP contribution in [0.1, 0.15) is 24.8 Å². The van der Waals surface area contributed by atoms with Crippen LogP contribution < -0.4 is 10.5 Å². The van der Waals surface area contributed by atoms with Gasteiger partial charge in [0.15, 0.2) is 0 Å². The molecule has 0 unspecified atom stereocenters. The number of benzene rings is 1. The lowest BCUT2D eigenvalue weighted by Crippen LogP contribution is -2.05. The van der Waals surface area contributed by atoms with Crippen LogP contribution in [0.3, 0.4) is 0 Å². The molecule has 2 N–H and O–H groups in total. The van der Waals surface area contributed by atoms with Crippen molar-refractivity contribution in [3.05, 3.63) is 29.6 Å². The van der Waals surface area contributed by atoms with Crippen molar-refractivity contribution in [3.8, 4) is 5.75 Å². The van der Waals surface area contributed by atoms with Gasteiger partial charge in [0.1, 0.15) is 11.6 Å². The monoisotopic (exact) mass is 223 g/mol. The molecule has 0 bridgehead atoms. The largest absolute Gasteiger partial charge is 0.493 e. The van der Waals surface area contributed by atoms with E-state index < -0.39 is 0 Å². The summed E-state index contributed by atoms with van der Waals surface area (Å²) in [6.07, 6.45) is 4.25. The lowest BCUT2D eigenvalue weighted by atomic mass is 10.1. The zero-order valence-electron chi connectivity index (χ0n) is 9.42. The van der Waals surface area contributed by atoms with E-state index in [1.54, 1.807) is 6.07 Å². The number of hydrogen-bond acceptors (Lipinski definition) is 2. The second-order valence-electron chi connectivity index (χ2n) is 4.40. The van der Waals surface area contributed by atoms with Crippen molar-refractivity contribution in [2.24, 2.45) is 11.7 Å². The second-order valence-corrected chi connectivity index (χ2v) is 4.40. The summed E-state index contributed by atoms with van der Waals surface area (Å²) in [7, 11) is 0. The van der Waals surface area contributed by atoms with Gasteiger partial charge in [-0.1, -0.05) is 6.07 Å². The molecule has 1 saturated carbocycles. The van der Waals surface area contributed by atoms with Gasteiger partial charge in [-0.05, 0) is 49.8 Å². The average molecular weight is 223 g/mol. The van der Waals surface area contributed by atoms with E-state index in [1.165, 1.54) is 25.0 Å². The fourth-order valence-corrected chi connectivity index (χ4v) is 1.65. The van der Waals surface area contributed by atoms with E-state index in [-0.39, 0.29) is 5.82 Å². The lowest BCUT2D eigenvalue weighted by molar-refractivity contribution is 0.295. The fourth-order valence-electron chi connectivity index (χ4n) is 1.65. The molecule has 0 aliphatic heterocycles. The van der Waals surface area contributed by atoms with Crippen molar-refractivity contribution in [1.82, 2.24) is 0 Å². The molecule has 0 heterocycles. The molecule has 16 heavy (non-hydrogen) atoms. The Balaban J connectivity index is 2.01. The molecule has 2 nitrogen and oxygen atoms in total. The summed E-state index contributed by atoms with van der Waals surface area (Å²) in [6, 6.07) is 4.76. The van der Waals surface area contributed by atoms with Crippen molar-refractivity contribution in [2.75, 3.05) is 13.2 Å². The van der Waals surface area contributed by atoms with Crippen molar-refractivity contribution < 1.29 is 9.13 Å². The first-order chi connectivity index (χ1) is 7.79. The van der Waals surface area contributed by atoms with Crippen LogP contribution in [0.15, 0.2) is 18.2 Å². The third kappa shape index (κ3) is 3.20. The summed E-state index contributed by atoms with van der Waals surface area (Å²) in [5.41, 5.74) is 6.54. The summed E-state index contributed by atoms with van der Waals surface area (Å²) in [4.78, 5) is 0. The predicted molar refractivity (Wildman–Crippen MR) is 62.0 cm³/mol. The standard InChI is InChI=1S/C13H18FNO/c14-12-6-5-11(2-1-7-15)13(8-12)16-9-10-3-4-10/h5-6,8,10H,1-4,7,9,15H2. The number of halogens is 1. The number of hydrogen-bond donors (Lipinski definition) is 1. The highest BCUT2D eigenvalue weighted by Gasteiger charge is 2.22. The molecule has 0 radical (unpaired) electrons. The SMILES string of the molecule is NCCCc1ccc(F)cc1OCC1CC1. The van der Waals surface area contributed by atoms with Crippen LogP contribution in [0, 0.1) is 11.7 Å². The zero-order chi connectivity index (χ0) is 11.4. The molecule has 0 atom stereocenters. The van der Waals surface area contributed by atoms with E-state index in [1.807, 2.05) is 0 Å². The van der Waals surface area contributed by atoms with Crippen LogP contribution >= 0.6 is 0 Å². The molecular formula is C13H18FNO. The Morgan fingerprint density at radius 3 is 2.88 bits per heavy atom. The Bertz CT molecular complexity index is 350. The smallest absolute Gasteiger partial charge is 0.126 e. The molecule has 2 rings (SSSR count). The number of nitrogens with two attached hydrogens (primary N) is 1. The number of ether oxygens (including phenoxy) is 1. The van der Waals surface area contributed by atoms with Crippen molar-refractivity contribution >= 4 is 0 Å². The van der Waals surface area contributed by atoms with Crippen LogP contribution in [0.5, 0.6) is 5.75 Å². The number of rotatable bonds is 6. The topological polar surface area (TPSA) is 35.2 Å². The molecule has 0 amide bonds. The van der Waals surface area contributed by atoms with E-state index in [4.69, 9.17) is 10.5 Å². The van der Waals surface area contributed by atoms with Gasteiger partial charge in [0, 0.05) is 6.07 Å². The maximum absolute atomic E-state index is 13.1. The maximum atomic E-state index is 13.1. The fraction of sp³-hybridized carbons (Fsp3) is 0.538. The van der Waals surface area contributed by atoms with Crippen molar-refractivity contribution in [2.45, 2.75) is 25.7 Å². The molecule has 1 aliphatic carbocycles. The van der Waals surface area contributed by atoms with Gasteiger partial charge in [-0.15, -0.1) is 0 Å². The molecule has 1 aromatic carbocycles. The summed E-state index contributed by atoms with van der Waals surface area (Å²) >= 11 is 0. The van der Waals surface area contributed by atoms with Gasteiger partial charge < -0.3 is 10.5 Å². The van der Waals surface area contributed by atoms with E-state index in [9.17, 15) is 4.39 Å². The molecule has 0 aromatic heterocycles. The van der Waals surface area contributed by atoms with Gasteiger partial charge in [-0.2, -0.15) is 0 Å². The first kappa shape index (κ1) is 11.4. The molecule has 0 saturated heterocycles. The Morgan fingerprint density at radius 1 is 1.38 bits per heavy atom. The molecule has 1 aliphatic rings.